The van der Waals surface area contributed by atoms with Gasteiger partial charge in [0.15, 0.2) is 0 Å². The number of rotatable bonds is 4. The Hall–Kier alpha value is -1.84. The van der Waals surface area contributed by atoms with Gasteiger partial charge >= 0.3 is 0 Å². The van der Waals surface area contributed by atoms with E-state index < -0.39 is 0 Å². The maximum atomic E-state index is 12.2. The molecule has 1 aliphatic heterocycles. The number of benzene rings is 1. The Morgan fingerprint density at radius 3 is 2.50 bits per heavy atom. The fraction of sp³-hybridized carbons (Fsp3) is 0.375. The third-order valence-electron chi connectivity index (χ3n) is 3.63. The molecule has 22 heavy (non-hydrogen) atoms. The smallest absolute Gasteiger partial charge is 0.267 e. The first-order valence-electron chi connectivity index (χ1n) is 7.27. The van der Waals surface area contributed by atoms with Crippen molar-refractivity contribution in [2.45, 2.75) is 6.92 Å². The van der Waals surface area contributed by atoms with Crippen LogP contribution >= 0.6 is 15.9 Å². The monoisotopic (exact) mass is 362 g/mol. The second-order valence-corrected chi connectivity index (χ2v) is 6.00. The molecule has 0 aliphatic carbocycles. The lowest BCUT2D eigenvalue weighted by atomic mass is 10.2. The van der Waals surface area contributed by atoms with Gasteiger partial charge in [0, 0.05) is 42.5 Å². The lowest BCUT2D eigenvalue weighted by molar-refractivity contribution is -0.112. The summed E-state index contributed by atoms with van der Waals surface area (Å²) in [5, 5.41) is 12.0. The normalized spacial score (nSPS) is 16.2. The zero-order chi connectivity index (χ0) is 15.9. The molecular formula is C16H19BrN4O. The zero-order valence-corrected chi connectivity index (χ0v) is 14.1. The molecule has 0 spiro atoms. The van der Waals surface area contributed by atoms with E-state index in [1.54, 1.807) is 18.3 Å². The molecule has 1 aromatic rings. The van der Waals surface area contributed by atoms with Crippen molar-refractivity contribution in [3.8, 4) is 6.07 Å². The van der Waals surface area contributed by atoms with Gasteiger partial charge < -0.3 is 15.1 Å². The van der Waals surface area contributed by atoms with Gasteiger partial charge in [-0.05, 0) is 30.8 Å². The standard InChI is InChI=1S/C16H19BrN4O/c1-2-20-7-9-21(10-8-20)12-13(11-18)16(22)19-15-5-3-14(17)4-6-15/h3-6,12H,2,7-10H2,1H3,(H,19,22)/b13-12-. The van der Waals surface area contributed by atoms with Crippen molar-refractivity contribution in [3.05, 3.63) is 40.5 Å². The fourth-order valence-corrected chi connectivity index (χ4v) is 2.53. The third kappa shape index (κ3) is 4.58. The van der Waals surface area contributed by atoms with Crippen molar-refractivity contribution >= 4 is 27.5 Å². The number of carbonyl (C=O) groups is 1. The maximum absolute atomic E-state index is 12.2. The molecule has 0 bridgehead atoms. The Labute approximate surface area is 139 Å². The van der Waals surface area contributed by atoms with Crippen LogP contribution in [0.3, 0.4) is 0 Å². The van der Waals surface area contributed by atoms with Gasteiger partial charge in [-0.25, -0.2) is 0 Å². The zero-order valence-electron chi connectivity index (χ0n) is 12.6. The lowest BCUT2D eigenvalue weighted by Crippen LogP contribution is -2.44. The van der Waals surface area contributed by atoms with Crippen molar-refractivity contribution in [3.63, 3.8) is 0 Å². The molecule has 1 heterocycles. The largest absolute Gasteiger partial charge is 0.374 e. The van der Waals surface area contributed by atoms with Crippen LogP contribution in [-0.4, -0.2) is 48.4 Å². The molecule has 0 radical (unpaired) electrons. The van der Waals surface area contributed by atoms with E-state index in [1.165, 1.54) is 0 Å². The quantitative estimate of drug-likeness (QED) is 0.660. The molecule has 1 N–H and O–H groups in total. The van der Waals surface area contributed by atoms with E-state index in [9.17, 15) is 10.1 Å². The molecule has 5 nitrogen and oxygen atoms in total. The number of nitrogens with zero attached hydrogens (tertiary/aromatic N) is 3. The van der Waals surface area contributed by atoms with E-state index in [4.69, 9.17) is 0 Å². The van der Waals surface area contributed by atoms with E-state index in [2.05, 4.69) is 33.1 Å². The van der Waals surface area contributed by atoms with Gasteiger partial charge in [-0.3, -0.25) is 4.79 Å². The topological polar surface area (TPSA) is 59.4 Å². The molecule has 116 valence electrons. The van der Waals surface area contributed by atoms with Gasteiger partial charge in [-0.1, -0.05) is 22.9 Å². The van der Waals surface area contributed by atoms with Crippen LogP contribution in [0.2, 0.25) is 0 Å². The number of nitrogens with one attached hydrogen (secondary N) is 1. The Morgan fingerprint density at radius 1 is 1.32 bits per heavy atom. The van der Waals surface area contributed by atoms with Crippen LogP contribution in [0.4, 0.5) is 5.69 Å². The van der Waals surface area contributed by atoms with Crippen LogP contribution in [0.25, 0.3) is 0 Å². The number of amides is 1. The van der Waals surface area contributed by atoms with Crippen LogP contribution < -0.4 is 5.32 Å². The summed E-state index contributed by atoms with van der Waals surface area (Å²) < 4.78 is 0.940. The van der Waals surface area contributed by atoms with Gasteiger partial charge in [0.25, 0.3) is 5.91 Å². The van der Waals surface area contributed by atoms with Crippen molar-refractivity contribution in [1.82, 2.24) is 9.80 Å². The summed E-state index contributed by atoms with van der Waals surface area (Å²) in [5.41, 5.74) is 0.804. The molecule has 0 atom stereocenters. The molecule has 1 aliphatic rings. The fourth-order valence-electron chi connectivity index (χ4n) is 2.26. The summed E-state index contributed by atoms with van der Waals surface area (Å²) in [4.78, 5) is 16.6. The molecule has 1 saturated heterocycles. The highest BCUT2D eigenvalue weighted by Crippen LogP contribution is 2.15. The van der Waals surface area contributed by atoms with Crippen molar-refractivity contribution in [1.29, 1.82) is 5.26 Å². The molecule has 0 unspecified atom stereocenters. The summed E-state index contributed by atoms with van der Waals surface area (Å²) in [6.07, 6.45) is 1.67. The minimum atomic E-state index is -0.372. The summed E-state index contributed by atoms with van der Waals surface area (Å²) in [5.74, 6) is -0.372. The number of nitriles is 1. The van der Waals surface area contributed by atoms with Crippen LogP contribution in [0.15, 0.2) is 40.5 Å². The predicted octanol–water partition coefficient (Wildman–Crippen LogP) is 2.43. The van der Waals surface area contributed by atoms with Crippen LogP contribution in [0, 0.1) is 11.3 Å². The van der Waals surface area contributed by atoms with Gasteiger partial charge in [0.2, 0.25) is 0 Å². The maximum Gasteiger partial charge on any atom is 0.267 e. The van der Waals surface area contributed by atoms with Crippen molar-refractivity contribution < 1.29 is 4.79 Å². The second-order valence-electron chi connectivity index (χ2n) is 5.09. The Bertz CT molecular complexity index is 583. The van der Waals surface area contributed by atoms with Gasteiger partial charge in [-0.2, -0.15) is 5.26 Å². The van der Waals surface area contributed by atoms with Crippen molar-refractivity contribution in [2.24, 2.45) is 0 Å². The van der Waals surface area contributed by atoms with E-state index in [-0.39, 0.29) is 11.5 Å². The van der Waals surface area contributed by atoms with E-state index in [0.717, 1.165) is 37.2 Å². The Balaban J connectivity index is 1.98. The van der Waals surface area contributed by atoms with E-state index in [0.29, 0.717) is 5.69 Å². The number of halogens is 1. The van der Waals surface area contributed by atoms with Crippen LogP contribution in [0.1, 0.15) is 6.92 Å². The number of piperazine rings is 1. The summed E-state index contributed by atoms with van der Waals surface area (Å²) in [6.45, 7) is 6.76. The highest BCUT2D eigenvalue weighted by Gasteiger charge is 2.16. The molecule has 1 aromatic carbocycles. The van der Waals surface area contributed by atoms with E-state index >= 15 is 0 Å². The molecular weight excluding hydrogens is 344 g/mol. The van der Waals surface area contributed by atoms with Gasteiger partial charge in [0.05, 0.1) is 0 Å². The molecule has 2 rings (SSSR count). The Morgan fingerprint density at radius 2 is 1.95 bits per heavy atom. The average Bonchev–Trinajstić information content (AvgIpc) is 2.55. The highest BCUT2D eigenvalue weighted by molar-refractivity contribution is 9.10. The highest BCUT2D eigenvalue weighted by atomic mass is 79.9. The van der Waals surface area contributed by atoms with E-state index in [1.807, 2.05) is 23.1 Å². The second kappa shape index (κ2) is 7.97. The predicted molar refractivity (Wildman–Crippen MR) is 90.2 cm³/mol. The van der Waals surface area contributed by atoms with Crippen LogP contribution in [0.5, 0.6) is 0 Å². The number of likely N-dealkylation sites (N-methyl/N-ethyl adjacent to an activating group) is 1. The number of anilines is 1. The Kier molecular flexibility index (Phi) is 5.99. The molecule has 0 aromatic heterocycles. The lowest BCUT2D eigenvalue weighted by Gasteiger charge is -2.33. The van der Waals surface area contributed by atoms with Crippen LogP contribution in [-0.2, 0) is 4.79 Å². The average molecular weight is 363 g/mol. The first-order valence-corrected chi connectivity index (χ1v) is 8.07. The number of hydrogen-bond acceptors (Lipinski definition) is 4. The van der Waals surface area contributed by atoms with Gasteiger partial charge in [-0.15, -0.1) is 0 Å². The minimum absolute atomic E-state index is 0.132. The molecule has 1 amide bonds. The molecule has 6 heteroatoms. The third-order valence-corrected chi connectivity index (χ3v) is 4.16. The first kappa shape index (κ1) is 16.5. The summed E-state index contributed by atoms with van der Waals surface area (Å²) >= 11 is 3.34. The number of carbonyl (C=O) groups excluding carboxylic acids is 1. The molecule has 1 fully saturated rings. The molecule has 0 saturated carbocycles. The SMILES string of the molecule is CCN1CCN(/C=C(/C#N)C(=O)Nc2ccc(Br)cc2)CC1. The first-order chi connectivity index (χ1) is 10.6. The van der Waals surface area contributed by atoms with Gasteiger partial charge in [0.1, 0.15) is 11.6 Å². The number of hydrogen-bond donors (Lipinski definition) is 1. The summed E-state index contributed by atoms with van der Waals surface area (Å²) in [7, 11) is 0. The van der Waals surface area contributed by atoms with Crippen molar-refractivity contribution in [2.75, 3.05) is 38.0 Å². The summed E-state index contributed by atoms with van der Waals surface area (Å²) in [6, 6.07) is 9.25. The minimum Gasteiger partial charge on any atom is -0.374 e.